The predicted octanol–water partition coefficient (Wildman–Crippen LogP) is 4.91. The molecule has 0 aliphatic rings. The summed E-state index contributed by atoms with van der Waals surface area (Å²) in [6.45, 7) is 2.00. The van der Waals surface area contributed by atoms with Crippen LogP contribution in [0.15, 0.2) is 72.1 Å². The van der Waals surface area contributed by atoms with Crippen molar-refractivity contribution in [3.63, 3.8) is 0 Å². The number of carbonyl (C=O) groups excluding carboxylic acids is 1. The lowest BCUT2D eigenvalue weighted by Gasteiger charge is -2.14. The average molecular weight is 307 g/mol. The third kappa shape index (κ3) is 3.26. The molecule has 2 nitrogen and oxygen atoms in total. The van der Waals surface area contributed by atoms with Gasteiger partial charge in [0.25, 0.3) is 5.91 Å². The van der Waals surface area contributed by atoms with Gasteiger partial charge in [-0.15, -0.1) is 11.3 Å². The fraction of sp³-hybridized carbons (Fsp3) is 0.105. The average Bonchev–Trinajstić information content (AvgIpc) is 3.10. The van der Waals surface area contributed by atoms with Crippen molar-refractivity contribution in [2.45, 2.75) is 13.0 Å². The van der Waals surface area contributed by atoms with E-state index in [0.717, 1.165) is 11.1 Å². The summed E-state index contributed by atoms with van der Waals surface area (Å²) in [5, 5.41) is 5.09. The second-order valence-corrected chi connectivity index (χ2v) is 6.11. The van der Waals surface area contributed by atoms with Crippen LogP contribution in [0.1, 0.15) is 28.9 Å². The van der Waals surface area contributed by atoms with Crippen LogP contribution in [0.2, 0.25) is 0 Å². The molecule has 0 aliphatic carbocycles. The van der Waals surface area contributed by atoms with Crippen molar-refractivity contribution in [1.29, 1.82) is 0 Å². The number of amides is 1. The van der Waals surface area contributed by atoms with E-state index in [2.05, 4.69) is 11.4 Å². The van der Waals surface area contributed by atoms with E-state index in [0.29, 0.717) is 5.56 Å². The highest BCUT2D eigenvalue weighted by atomic mass is 32.1. The van der Waals surface area contributed by atoms with Crippen LogP contribution in [-0.2, 0) is 0 Å². The topological polar surface area (TPSA) is 29.1 Å². The first kappa shape index (κ1) is 14.5. The molecule has 0 aliphatic heterocycles. The van der Waals surface area contributed by atoms with E-state index in [9.17, 15) is 4.79 Å². The molecule has 2 aromatic carbocycles. The number of thiophene rings is 1. The summed E-state index contributed by atoms with van der Waals surface area (Å²) in [6, 6.07) is 21.8. The Hall–Kier alpha value is -2.39. The number of benzene rings is 2. The first-order valence-electron chi connectivity index (χ1n) is 7.24. The molecule has 110 valence electrons. The minimum absolute atomic E-state index is 0.0147. The molecule has 0 bridgehead atoms. The maximum absolute atomic E-state index is 12.4. The van der Waals surface area contributed by atoms with Gasteiger partial charge in [-0.1, -0.05) is 48.5 Å². The van der Waals surface area contributed by atoms with Crippen LogP contribution in [0.4, 0.5) is 0 Å². The summed E-state index contributed by atoms with van der Waals surface area (Å²) in [5.74, 6) is -0.0465. The summed E-state index contributed by atoms with van der Waals surface area (Å²) < 4.78 is 0. The van der Waals surface area contributed by atoms with Crippen LogP contribution < -0.4 is 5.32 Å². The van der Waals surface area contributed by atoms with Gasteiger partial charge in [-0.25, -0.2) is 0 Å². The molecule has 3 heteroatoms. The van der Waals surface area contributed by atoms with E-state index in [4.69, 9.17) is 0 Å². The molecule has 0 saturated carbocycles. The van der Waals surface area contributed by atoms with Crippen molar-refractivity contribution in [3.8, 4) is 10.4 Å². The molecule has 0 saturated heterocycles. The van der Waals surface area contributed by atoms with Gasteiger partial charge in [-0.3, -0.25) is 4.79 Å². The van der Waals surface area contributed by atoms with E-state index >= 15 is 0 Å². The van der Waals surface area contributed by atoms with Gasteiger partial charge in [0, 0.05) is 10.4 Å². The smallest absolute Gasteiger partial charge is 0.251 e. The summed E-state index contributed by atoms with van der Waals surface area (Å²) >= 11 is 1.68. The predicted molar refractivity (Wildman–Crippen MR) is 92.1 cm³/mol. The van der Waals surface area contributed by atoms with Crippen molar-refractivity contribution >= 4 is 17.2 Å². The Balaban J connectivity index is 1.77. The number of hydrogen-bond acceptors (Lipinski definition) is 2. The van der Waals surface area contributed by atoms with Gasteiger partial charge in [-0.2, -0.15) is 0 Å². The molecule has 3 aromatic rings. The van der Waals surface area contributed by atoms with Crippen molar-refractivity contribution < 1.29 is 4.79 Å². The maximum atomic E-state index is 12.4. The Morgan fingerprint density at radius 2 is 1.82 bits per heavy atom. The second-order valence-electron chi connectivity index (χ2n) is 5.16. The van der Waals surface area contributed by atoms with Gasteiger partial charge in [-0.05, 0) is 41.6 Å². The Kier molecular flexibility index (Phi) is 4.35. The van der Waals surface area contributed by atoms with Crippen molar-refractivity contribution in [2.24, 2.45) is 0 Å². The lowest BCUT2D eigenvalue weighted by atomic mass is 10.1. The van der Waals surface area contributed by atoms with Crippen LogP contribution in [-0.4, -0.2) is 5.91 Å². The molecule has 1 aromatic heterocycles. The number of rotatable bonds is 4. The van der Waals surface area contributed by atoms with Gasteiger partial charge in [0.2, 0.25) is 0 Å². The molecule has 22 heavy (non-hydrogen) atoms. The lowest BCUT2D eigenvalue weighted by molar-refractivity contribution is 0.0940. The Morgan fingerprint density at radius 1 is 1.00 bits per heavy atom. The molecule has 1 amide bonds. The molecule has 0 fully saturated rings. The fourth-order valence-corrected chi connectivity index (χ4v) is 3.09. The number of hydrogen-bond donors (Lipinski definition) is 1. The minimum atomic E-state index is -0.0465. The quantitative estimate of drug-likeness (QED) is 0.729. The number of nitrogens with one attached hydrogen (secondary N) is 1. The molecule has 1 N–H and O–H groups in total. The molecular weight excluding hydrogens is 290 g/mol. The van der Waals surface area contributed by atoms with E-state index < -0.39 is 0 Å². The summed E-state index contributed by atoms with van der Waals surface area (Å²) in [7, 11) is 0. The molecule has 3 rings (SSSR count). The maximum Gasteiger partial charge on any atom is 0.251 e. The Morgan fingerprint density at radius 3 is 2.55 bits per heavy atom. The van der Waals surface area contributed by atoms with Crippen LogP contribution in [0, 0.1) is 0 Å². The largest absolute Gasteiger partial charge is 0.346 e. The summed E-state index contributed by atoms with van der Waals surface area (Å²) in [5.41, 5.74) is 2.87. The van der Waals surface area contributed by atoms with E-state index in [1.807, 2.05) is 73.0 Å². The van der Waals surface area contributed by atoms with Gasteiger partial charge in [0.05, 0.1) is 6.04 Å². The zero-order chi connectivity index (χ0) is 15.4. The highest BCUT2D eigenvalue weighted by Crippen LogP contribution is 2.25. The fourth-order valence-electron chi connectivity index (χ4n) is 2.36. The van der Waals surface area contributed by atoms with E-state index in [1.54, 1.807) is 11.3 Å². The normalized spacial score (nSPS) is 11.9. The molecule has 1 heterocycles. The van der Waals surface area contributed by atoms with Crippen LogP contribution in [0.5, 0.6) is 0 Å². The van der Waals surface area contributed by atoms with Crippen molar-refractivity contribution in [1.82, 2.24) is 5.32 Å². The van der Waals surface area contributed by atoms with Crippen molar-refractivity contribution in [2.75, 3.05) is 0 Å². The van der Waals surface area contributed by atoms with Crippen LogP contribution in [0.25, 0.3) is 10.4 Å². The minimum Gasteiger partial charge on any atom is -0.346 e. The number of carbonyl (C=O) groups is 1. The summed E-state index contributed by atoms with van der Waals surface area (Å²) in [6.07, 6.45) is 0. The third-order valence-electron chi connectivity index (χ3n) is 3.58. The lowest BCUT2D eigenvalue weighted by Crippen LogP contribution is -2.26. The first-order chi connectivity index (χ1) is 10.7. The Bertz CT molecular complexity index is 750. The monoisotopic (exact) mass is 307 g/mol. The summed E-state index contributed by atoms with van der Waals surface area (Å²) in [4.78, 5) is 13.6. The first-order valence-corrected chi connectivity index (χ1v) is 8.12. The third-order valence-corrected chi connectivity index (χ3v) is 4.50. The van der Waals surface area contributed by atoms with Gasteiger partial charge in [0.15, 0.2) is 0 Å². The molecule has 0 unspecified atom stereocenters. The van der Waals surface area contributed by atoms with Gasteiger partial charge in [0.1, 0.15) is 0 Å². The molecule has 1 atom stereocenters. The molecule has 0 spiro atoms. The second kappa shape index (κ2) is 6.58. The highest BCUT2D eigenvalue weighted by molar-refractivity contribution is 7.13. The highest BCUT2D eigenvalue weighted by Gasteiger charge is 2.12. The van der Waals surface area contributed by atoms with E-state index in [-0.39, 0.29) is 11.9 Å². The zero-order valence-corrected chi connectivity index (χ0v) is 13.1. The Labute approximate surface area is 134 Å². The van der Waals surface area contributed by atoms with Crippen molar-refractivity contribution in [3.05, 3.63) is 83.2 Å². The van der Waals surface area contributed by atoms with Gasteiger partial charge < -0.3 is 5.32 Å². The van der Waals surface area contributed by atoms with E-state index in [1.165, 1.54) is 4.88 Å². The van der Waals surface area contributed by atoms with Gasteiger partial charge >= 0.3 is 0 Å². The SMILES string of the molecule is C[C@H](NC(=O)c1cccc(-c2cccs2)c1)c1ccccc1. The molecular formula is C19H17NOS. The standard InChI is InChI=1S/C19H17NOS/c1-14(15-7-3-2-4-8-15)20-19(21)17-10-5-9-16(13-17)18-11-6-12-22-18/h2-14H,1H3,(H,20,21)/t14-/m0/s1. The van der Waals surface area contributed by atoms with Crippen LogP contribution >= 0.6 is 11.3 Å². The molecule has 0 radical (unpaired) electrons. The van der Waals surface area contributed by atoms with Crippen LogP contribution in [0.3, 0.4) is 0 Å². The zero-order valence-electron chi connectivity index (χ0n) is 12.3.